The van der Waals surface area contributed by atoms with Crippen molar-refractivity contribution in [2.24, 2.45) is 10.8 Å². The Morgan fingerprint density at radius 1 is 0.395 bits per heavy atom. The van der Waals surface area contributed by atoms with Crippen molar-refractivity contribution in [3.05, 3.63) is 0 Å². The molecule has 4 nitrogen and oxygen atoms in total. The van der Waals surface area contributed by atoms with Gasteiger partial charge in [0.15, 0.2) is 0 Å². The summed E-state index contributed by atoms with van der Waals surface area (Å²) in [6.07, 6.45) is 30.8. The van der Waals surface area contributed by atoms with Crippen molar-refractivity contribution in [3.8, 4) is 0 Å². The van der Waals surface area contributed by atoms with Gasteiger partial charge in [0.2, 0.25) is 0 Å². The van der Waals surface area contributed by atoms with Crippen LogP contribution in [0.5, 0.6) is 0 Å². The van der Waals surface area contributed by atoms with Gasteiger partial charge in [-0.05, 0) is 49.4 Å². The van der Waals surface area contributed by atoms with E-state index in [0.717, 1.165) is 25.7 Å². The molecule has 0 aliphatic carbocycles. The Kier molecular flexibility index (Phi) is 37.9. The second kappa shape index (κ2) is 34.6. The number of rotatable bonds is 26. The minimum absolute atomic E-state index is 0.230. The van der Waals surface area contributed by atoms with Crippen molar-refractivity contribution >= 4 is 33.1 Å². The first-order valence-electron chi connectivity index (χ1n) is 18.2. The summed E-state index contributed by atoms with van der Waals surface area (Å²) in [5.41, 5.74) is 0.993. The van der Waals surface area contributed by atoms with Crippen LogP contribution in [-0.2, 0) is 9.59 Å². The van der Waals surface area contributed by atoms with Crippen LogP contribution in [0, 0.1) is 10.8 Å². The average molecular weight is 716 g/mol. The van der Waals surface area contributed by atoms with Crippen LogP contribution in [-0.4, -0.2) is 33.1 Å². The molecule has 0 aliphatic heterocycles. The van der Waals surface area contributed by atoms with Crippen molar-refractivity contribution in [2.45, 2.75) is 218 Å². The molecule has 0 unspecified atom stereocenters. The molecule has 0 aliphatic rings. The average Bonchev–Trinajstić information content (AvgIpc) is 2.89. The first-order chi connectivity index (χ1) is 20.2. The Morgan fingerprint density at radius 2 is 0.558 bits per heavy atom. The zero-order valence-electron chi connectivity index (χ0n) is 30.5. The first kappa shape index (κ1) is 47.1. The number of hydrogen-bond acceptors (Lipinski definition) is 4. The fourth-order valence-corrected chi connectivity index (χ4v) is 5.03. The summed E-state index contributed by atoms with van der Waals surface area (Å²) in [6, 6.07) is 0. The second-order valence-electron chi connectivity index (χ2n) is 15.1. The molecule has 0 rings (SSSR count). The van der Waals surface area contributed by atoms with Crippen molar-refractivity contribution in [3.63, 3.8) is 0 Å². The predicted molar refractivity (Wildman–Crippen MR) is 186 cm³/mol. The standard InChI is InChI=1S/2C18H36O2.2CH3.Sn/c2*1-18(2,3)16-14-12-10-8-6-4-5-7-9-11-13-15-17(19)20;;;/h2*4-16H2,1-3H3,(H,19,20);2*1H3;/q;;;;+2/p-2. The molecule has 0 radical (unpaired) electrons. The SMILES string of the molecule is CC(C)(C)CCCCCCCCCCCCCC(=O)[O-].CC(C)(C)CCCCCCCCCCCCCC(=O)[O-].[CH3][Sn+2][CH3]. The van der Waals surface area contributed by atoms with Gasteiger partial charge in [-0.25, -0.2) is 0 Å². The van der Waals surface area contributed by atoms with Crippen LogP contribution in [0.4, 0.5) is 0 Å². The van der Waals surface area contributed by atoms with E-state index in [0.29, 0.717) is 10.8 Å². The van der Waals surface area contributed by atoms with Gasteiger partial charge in [0.05, 0.1) is 0 Å². The maximum atomic E-state index is 10.2. The molecule has 0 fully saturated rings. The molecule has 0 amide bonds. The molecule has 5 heteroatoms. The van der Waals surface area contributed by atoms with E-state index in [4.69, 9.17) is 0 Å². The van der Waals surface area contributed by atoms with Gasteiger partial charge in [0, 0.05) is 11.9 Å². The van der Waals surface area contributed by atoms with Crippen LogP contribution in [0.1, 0.15) is 208 Å². The molecule has 0 saturated heterocycles. The molecule has 0 aromatic carbocycles. The van der Waals surface area contributed by atoms with E-state index in [9.17, 15) is 19.8 Å². The van der Waals surface area contributed by atoms with E-state index in [-0.39, 0.29) is 34.0 Å². The number of hydrogen-bond donors (Lipinski definition) is 0. The van der Waals surface area contributed by atoms with Crippen LogP contribution in [0.2, 0.25) is 9.88 Å². The van der Waals surface area contributed by atoms with E-state index in [1.54, 1.807) is 0 Å². The fraction of sp³-hybridized carbons (Fsp3) is 0.947. The molecular weight excluding hydrogens is 639 g/mol. The predicted octanol–water partition coefficient (Wildman–Crippen LogP) is 10.5. The minimum atomic E-state index is -0.906. The summed E-state index contributed by atoms with van der Waals surface area (Å²) >= 11 is 0.230. The quantitative estimate of drug-likeness (QED) is 0.0660. The number of unbranched alkanes of at least 4 members (excludes halogenated alkanes) is 20. The van der Waals surface area contributed by atoms with E-state index in [1.807, 2.05) is 0 Å². The Hall–Kier alpha value is -0.261. The van der Waals surface area contributed by atoms with E-state index in [1.165, 1.54) is 128 Å². The molecule has 0 N–H and O–H groups in total. The molecule has 43 heavy (non-hydrogen) atoms. The van der Waals surface area contributed by atoms with Crippen LogP contribution in [0.3, 0.4) is 0 Å². The number of carbonyl (C=O) groups excluding carboxylic acids is 2. The Morgan fingerprint density at radius 3 is 0.721 bits per heavy atom. The number of carboxylic acid groups (broad SMARTS) is 2. The monoisotopic (exact) mass is 716 g/mol. The summed E-state index contributed by atoms with van der Waals surface area (Å²) in [6.45, 7) is 13.9. The fourth-order valence-electron chi connectivity index (χ4n) is 5.03. The maximum absolute atomic E-state index is 10.2. The number of carboxylic acids is 2. The molecule has 0 atom stereocenters. The Labute approximate surface area is 281 Å². The van der Waals surface area contributed by atoms with Crippen molar-refractivity contribution in [1.82, 2.24) is 0 Å². The third-order valence-electron chi connectivity index (χ3n) is 7.62. The zero-order chi connectivity index (χ0) is 33.2. The molecule has 0 aromatic heterocycles. The van der Waals surface area contributed by atoms with Crippen LogP contribution >= 0.6 is 0 Å². The van der Waals surface area contributed by atoms with E-state index in [2.05, 4.69) is 51.4 Å². The van der Waals surface area contributed by atoms with E-state index < -0.39 is 11.9 Å². The summed E-state index contributed by atoms with van der Waals surface area (Å²) in [4.78, 5) is 25.0. The van der Waals surface area contributed by atoms with Gasteiger partial charge in [-0.3, -0.25) is 0 Å². The molecule has 0 saturated carbocycles. The van der Waals surface area contributed by atoms with Gasteiger partial charge in [-0.1, -0.05) is 170 Å². The zero-order valence-corrected chi connectivity index (χ0v) is 33.4. The van der Waals surface area contributed by atoms with Gasteiger partial charge in [0.1, 0.15) is 0 Å². The van der Waals surface area contributed by atoms with Crippen molar-refractivity contribution < 1.29 is 19.8 Å². The molecule has 0 bridgehead atoms. The second-order valence-corrected chi connectivity index (χ2v) is 18.0. The summed E-state index contributed by atoms with van der Waals surface area (Å²) in [5.74, 6) is -1.81. The third-order valence-corrected chi connectivity index (χ3v) is 7.62. The molecule has 0 spiro atoms. The normalized spacial score (nSPS) is 11.2. The van der Waals surface area contributed by atoms with Crippen molar-refractivity contribution in [2.75, 3.05) is 0 Å². The van der Waals surface area contributed by atoms with Gasteiger partial charge >= 0.3 is 31.0 Å². The molecule has 0 heterocycles. The third kappa shape index (κ3) is 57.9. The van der Waals surface area contributed by atoms with Gasteiger partial charge in [0.25, 0.3) is 0 Å². The first-order valence-corrected chi connectivity index (χ1v) is 23.9. The molecule has 0 aromatic rings. The van der Waals surface area contributed by atoms with E-state index >= 15 is 0 Å². The number of carbonyl (C=O) groups is 2. The molecular formula is C38H76O4Sn. The Balaban J connectivity index is -0.000000681. The van der Waals surface area contributed by atoms with Gasteiger partial charge in [-0.2, -0.15) is 0 Å². The van der Waals surface area contributed by atoms with Gasteiger partial charge < -0.3 is 19.8 Å². The Bertz CT molecular complexity index is 527. The number of aliphatic carboxylic acids is 2. The summed E-state index contributed by atoms with van der Waals surface area (Å²) < 4.78 is 0. The van der Waals surface area contributed by atoms with Crippen LogP contribution < -0.4 is 10.2 Å². The van der Waals surface area contributed by atoms with Gasteiger partial charge in [-0.15, -0.1) is 0 Å². The van der Waals surface area contributed by atoms with Crippen LogP contribution in [0.25, 0.3) is 0 Å². The van der Waals surface area contributed by atoms with Crippen LogP contribution in [0.15, 0.2) is 0 Å². The topological polar surface area (TPSA) is 80.3 Å². The molecule has 256 valence electrons. The summed E-state index contributed by atoms with van der Waals surface area (Å²) in [7, 11) is 0. The van der Waals surface area contributed by atoms with Crippen molar-refractivity contribution in [1.29, 1.82) is 0 Å². The summed E-state index contributed by atoms with van der Waals surface area (Å²) in [5, 5.41) is 20.5.